The Hall–Kier alpha value is -1.81. The van der Waals surface area contributed by atoms with E-state index in [1.54, 1.807) is 7.11 Å². The molecule has 1 aromatic carbocycles. The van der Waals surface area contributed by atoms with Gasteiger partial charge in [-0.25, -0.2) is 4.98 Å². The zero-order chi connectivity index (χ0) is 16.7. The van der Waals surface area contributed by atoms with Gasteiger partial charge >= 0.3 is 0 Å². The van der Waals surface area contributed by atoms with E-state index < -0.39 is 0 Å². The van der Waals surface area contributed by atoms with Crippen molar-refractivity contribution < 1.29 is 4.74 Å². The number of H-pyrrole nitrogens is 1. The van der Waals surface area contributed by atoms with Gasteiger partial charge in [-0.3, -0.25) is 0 Å². The number of ether oxygens (including phenoxy) is 1. The van der Waals surface area contributed by atoms with E-state index in [1.807, 2.05) is 30.5 Å². The molecule has 2 heterocycles. The Balaban J connectivity index is 1.90. The summed E-state index contributed by atoms with van der Waals surface area (Å²) in [5, 5.41) is 3.73. The van der Waals surface area contributed by atoms with E-state index >= 15 is 0 Å². The Bertz CT molecular complexity index is 671. The van der Waals surface area contributed by atoms with Gasteiger partial charge in [0.15, 0.2) is 0 Å². The van der Waals surface area contributed by atoms with Crippen LogP contribution in [0.25, 0.3) is 11.4 Å². The van der Waals surface area contributed by atoms with E-state index in [1.165, 1.54) is 5.69 Å². The van der Waals surface area contributed by atoms with Crippen molar-refractivity contribution in [3.63, 3.8) is 0 Å². The summed E-state index contributed by atoms with van der Waals surface area (Å²) in [7, 11) is 1.69. The summed E-state index contributed by atoms with van der Waals surface area (Å²) in [5.74, 6) is 2.21. The van der Waals surface area contributed by atoms with Crippen LogP contribution in [0.2, 0.25) is 0 Å². The van der Waals surface area contributed by atoms with E-state index in [0.29, 0.717) is 5.92 Å². The average Bonchev–Trinajstić information content (AvgIpc) is 2.93. The van der Waals surface area contributed by atoms with Crippen LogP contribution < -0.4 is 10.1 Å². The molecule has 1 saturated heterocycles. The Morgan fingerprint density at radius 2 is 1.74 bits per heavy atom. The topological polar surface area (TPSA) is 49.9 Å². The zero-order valence-electron chi connectivity index (χ0n) is 14.7. The van der Waals surface area contributed by atoms with Gasteiger partial charge in [0.25, 0.3) is 0 Å². The second kappa shape index (κ2) is 5.68. The number of methoxy groups -OCH3 is 1. The van der Waals surface area contributed by atoms with Crippen molar-refractivity contribution in [2.75, 3.05) is 7.11 Å². The third-order valence-corrected chi connectivity index (χ3v) is 4.59. The van der Waals surface area contributed by atoms with Gasteiger partial charge in [-0.1, -0.05) is 12.1 Å². The lowest BCUT2D eigenvalue weighted by atomic mass is 9.75. The monoisotopic (exact) mass is 313 g/mol. The fraction of sp³-hybridized carbons (Fsp3) is 0.526. The maximum absolute atomic E-state index is 5.45. The number of hydrogen-bond acceptors (Lipinski definition) is 3. The molecule has 1 aliphatic heterocycles. The molecule has 0 aliphatic carbocycles. The number of hydrogen-bond donors (Lipinski definition) is 2. The summed E-state index contributed by atoms with van der Waals surface area (Å²) in [6, 6.07) is 7.99. The summed E-state index contributed by atoms with van der Waals surface area (Å²) in [6.45, 7) is 9.10. The van der Waals surface area contributed by atoms with Gasteiger partial charge in [-0.05, 0) is 52.7 Å². The van der Waals surface area contributed by atoms with Gasteiger partial charge in [-0.2, -0.15) is 0 Å². The third-order valence-electron chi connectivity index (χ3n) is 4.59. The predicted molar refractivity (Wildman–Crippen MR) is 93.8 cm³/mol. The van der Waals surface area contributed by atoms with Gasteiger partial charge in [-0.15, -0.1) is 0 Å². The van der Waals surface area contributed by atoms with Crippen molar-refractivity contribution in [3.05, 3.63) is 36.2 Å². The first kappa shape index (κ1) is 16.1. The van der Waals surface area contributed by atoms with Crippen LogP contribution in [-0.4, -0.2) is 28.2 Å². The van der Waals surface area contributed by atoms with Crippen molar-refractivity contribution in [1.29, 1.82) is 0 Å². The van der Waals surface area contributed by atoms with Gasteiger partial charge in [0.2, 0.25) is 0 Å². The number of para-hydroxylation sites is 1. The van der Waals surface area contributed by atoms with Crippen molar-refractivity contribution in [1.82, 2.24) is 15.3 Å². The number of aromatic amines is 1. The molecule has 0 spiro atoms. The maximum Gasteiger partial charge on any atom is 0.141 e. The molecular formula is C19H27N3O. The Morgan fingerprint density at radius 1 is 1.09 bits per heavy atom. The molecule has 1 aromatic heterocycles. The van der Waals surface area contributed by atoms with Crippen LogP contribution in [0.15, 0.2) is 30.5 Å². The fourth-order valence-electron chi connectivity index (χ4n) is 4.06. The molecule has 4 nitrogen and oxygen atoms in total. The van der Waals surface area contributed by atoms with E-state index in [4.69, 9.17) is 4.74 Å². The summed E-state index contributed by atoms with van der Waals surface area (Å²) in [6.07, 6.45) is 4.19. The van der Waals surface area contributed by atoms with Crippen LogP contribution in [0.4, 0.5) is 0 Å². The van der Waals surface area contributed by atoms with Gasteiger partial charge < -0.3 is 15.0 Å². The van der Waals surface area contributed by atoms with Crippen molar-refractivity contribution in [3.8, 4) is 17.1 Å². The number of nitrogens with zero attached hydrogens (tertiary/aromatic N) is 1. The van der Waals surface area contributed by atoms with Crippen molar-refractivity contribution in [2.24, 2.45) is 0 Å². The highest BCUT2D eigenvalue weighted by Gasteiger charge is 2.38. The molecule has 1 aliphatic rings. The minimum absolute atomic E-state index is 0.127. The highest BCUT2D eigenvalue weighted by Crippen LogP contribution is 2.39. The number of piperidine rings is 1. The molecule has 4 heteroatoms. The molecule has 2 N–H and O–H groups in total. The number of imidazole rings is 1. The zero-order valence-corrected chi connectivity index (χ0v) is 14.7. The quantitative estimate of drug-likeness (QED) is 0.896. The first-order valence-electron chi connectivity index (χ1n) is 8.27. The Kier molecular flexibility index (Phi) is 3.96. The SMILES string of the molecule is COc1ccccc1-c1ncc(C2CC(C)(C)NC(C)(C)C2)[nH]1. The van der Waals surface area contributed by atoms with Gasteiger partial charge in [0, 0.05) is 28.9 Å². The molecule has 23 heavy (non-hydrogen) atoms. The second-order valence-electron chi connectivity index (χ2n) is 7.89. The lowest BCUT2D eigenvalue weighted by Crippen LogP contribution is -2.57. The number of rotatable bonds is 3. The summed E-state index contributed by atoms with van der Waals surface area (Å²) >= 11 is 0. The molecule has 0 saturated carbocycles. The number of benzene rings is 1. The van der Waals surface area contributed by atoms with Crippen LogP contribution in [0, 0.1) is 0 Å². The van der Waals surface area contributed by atoms with Crippen LogP contribution >= 0.6 is 0 Å². The number of nitrogens with one attached hydrogen (secondary N) is 2. The minimum Gasteiger partial charge on any atom is -0.496 e. The first-order valence-corrected chi connectivity index (χ1v) is 8.27. The third kappa shape index (κ3) is 3.42. The summed E-state index contributed by atoms with van der Waals surface area (Å²) < 4.78 is 5.45. The lowest BCUT2D eigenvalue weighted by molar-refractivity contribution is 0.160. The molecule has 0 atom stereocenters. The van der Waals surface area contributed by atoms with E-state index in [0.717, 1.165) is 30.0 Å². The molecule has 0 bridgehead atoms. The fourth-order valence-corrected chi connectivity index (χ4v) is 4.06. The van der Waals surface area contributed by atoms with Crippen LogP contribution in [0.1, 0.15) is 52.1 Å². The molecule has 0 radical (unpaired) electrons. The normalized spacial score (nSPS) is 20.4. The molecule has 124 valence electrons. The van der Waals surface area contributed by atoms with Crippen molar-refractivity contribution in [2.45, 2.75) is 57.5 Å². The van der Waals surface area contributed by atoms with E-state index in [2.05, 4.69) is 43.0 Å². The smallest absolute Gasteiger partial charge is 0.141 e. The van der Waals surface area contributed by atoms with Crippen LogP contribution in [0.3, 0.4) is 0 Å². The average molecular weight is 313 g/mol. The highest BCUT2D eigenvalue weighted by atomic mass is 16.5. The summed E-state index contributed by atoms with van der Waals surface area (Å²) in [5.41, 5.74) is 2.48. The van der Waals surface area contributed by atoms with Crippen LogP contribution in [0.5, 0.6) is 5.75 Å². The number of aromatic nitrogens is 2. The lowest BCUT2D eigenvalue weighted by Gasteiger charge is -2.46. The molecular weight excluding hydrogens is 286 g/mol. The molecule has 2 aromatic rings. The maximum atomic E-state index is 5.45. The predicted octanol–water partition coefficient (Wildman–Crippen LogP) is 4.11. The first-order chi connectivity index (χ1) is 10.8. The minimum atomic E-state index is 0.127. The Morgan fingerprint density at radius 3 is 2.39 bits per heavy atom. The molecule has 3 rings (SSSR count). The van der Waals surface area contributed by atoms with E-state index in [-0.39, 0.29) is 11.1 Å². The second-order valence-corrected chi connectivity index (χ2v) is 7.89. The molecule has 1 fully saturated rings. The van der Waals surface area contributed by atoms with Crippen molar-refractivity contribution >= 4 is 0 Å². The molecule has 0 unspecified atom stereocenters. The Labute approximate surface area is 138 Å². The van der Waals surface area contributed by atoms with E-state index in [9.17, 15) is 0 Å². The summed E-state index contributed by atoms with van der Waals surface area (Å²) in [4.78, 5) is 8.14. The van der Waals surface area contributed by atoms with Gasteiger partial charge in [0.1, 0.15) is 11.6 Å². The molecule has 0 amide bonds. The largest absolute Gasteiger partial charge is 0.496 e. The van der Waals surface area contributed by atoms with Gasteiger partial charge in [0.05, 0.1) is 12.7 Å². The van der Waals surface area contributed by atoms with Crippen LogP contribution in [-0.2, 0) is 0 Å². The standard InChI is InChI=1S/C19H27N3O/c1-18(2)10-13(11-19(3,4)22-18)15-12-20-17(21-15)14-8-6-7-9-16(14)23-5/h6-9,12-13,22H,10-11H2,1-5H3,(H,20,21). The highest BCUT2D eigenvalue weighted by molar-refractivity contribution is 5.64.